The van der Waals surface area contributed by atoms with E-state index < -0.39 is 0 Å². The Bertz CT molecular complexity index is 829. The second kappa shape index (κ2) is 8.19. The summed E-state index contributed by atoms with van der Waals surface area (Å²) in [6.07, 6.45) is 4.75. The number of nitrogens with zero attached hydrogens (tertiary/aromatic N) is 2. The highest BCUT2D eigenvalue weighted by molar-refractivity contribution is 6.03. The van der Waals surface area contributed by atoms with E-state index in [2.05, 4.69) is 6.92 Å². The lowest BCUT2D eigenvalue weighted by Crippen LogP contribution is -3.14. The van der Waals surface area contributed by atoms with Crippen molar-refractivity contribution in [1.82, 2.24) is 5.01 Å². The quantitative estimate of drug-likeness (QED) is 0.863. The molecule has 2 aliphatic rings. The number of hydrazone groups is 1. The van der Waals surface area contributed by atoms with Crippen molar-refractivity contribution >= 4 is 11.6 Å². The van der Waals surface area contributed by atoms with Crippen LogP contribution in [0.3, 0.4) is 0 Å². The summed E-state index contributed by atoms with van der Waals surface area (Å²) in [4.78, 5) is 14.5. The number of methoxy groups -OCH3 is 1. The lowest BCUT2D eigenvalue weighted by Gasteiger charge is -2.29. The molecule has 0 spiro atoms. The highest BCUT2D eigenvalue weighted by Gasteiger charge is 2.36. The number of quaternary nitrogens is 1. The van der Waals surface area contributed by atoms with Crippen LogP contribution >= 0.6 is 0 Å². The average Bonchev–Trinajstić information content (AvgIpc) is 3.38. The highest BCUT2D eigenvalue weighted by Crippen LogP contribution is 2.33. The Balaban J connectivity index is 1.55. The number of benzene rings is 1. The van der Waals surface area contributed by atoms with E-state index in [-0.39, 0.29) is 11.9 Å². The summed E-state index contributed by atoms with van der Waals surface area (Å²) in [6.45, 7) is 4.87. The van der Waals surface area contributed by atoms with Gasteiger partial charge in [0.2, 0.25) is 0 Å². The van der Waals surface area contributed by atoms with Crippen molar-refractivity contribution in [3.05, 3.63) is 54.0 Å². The molecule has 2 aliphatic heterocycles. The van der Waals surface area contributed by atoms with Crippen LogP contribution in [-0.4, -0.2) is 43.4 Å². The van der Waals surface area contributed by atoms with Gasteiger partial charge in [-0.1, -0.05) is 6.92 Å². The minimum atomic E-state index is -0.179. The molecular formula is C22H28N3O3+. The molecule has 6 heteroatoms. The molecule has 2 aromatic rings. The number of rotatable bonds is 5. The lowest BCUT2D eigenvalue weighted by atomic mass is 10.0. The van der Waals surface area contributed by atoms with E-state index in [4.69, 9.17) is 14.3 Å². The molecule has 1 unspecified atom stereocenters. The van der Waals surface area contributed by atoms with Crippen molar-refractivity contribution in [3.63, 3.8) is 0 Å². The Morgan fingerprint density at radius 2 is 2.14 bits per heavy atom. The zero-order chi connectivity index (χ0) is 19.5. The molecule has 0 radical (unpaired) electrons. The smallest absolute Gasteiger partial charge is 0.298 e. The van der Waals surface area contributed by atoms with Gasteiger partial charge in [-0.3, -0.25) is 4.79 Å². The number of hydrogen-bond acceptors (Lipinski definition) is 4. The first-order chi connectivity index (χ1) is 13.6. The second-order valence-electron chi connectivity index (χ2n) is 7.88. The van der Waals surface area contributed by atoms with Crippen molar-refractivity contribution in [2.45, 2.75) is 32.2 Å². The number of nitrogens with one attached hydrogen (secondary N) is 1. The van der Waals surface area contributed by atoms with E-state index in [1.54, 1.807) is 18.4 Å². The van der Waals surface area contributed by atoms with Crippen LogP contribution in [0.25, 0.3) is 0 Å². The first kappa shape index (κ1) is 18.7. The third kappa shape index (κ3) is 3.97. The van der Waals surface area contributed by atoms with Crippen molar-refractivity contribution in [2.75, 3.05) is 26.7 Å². The van der Waals surface area contributed by atoms with Gasteiger partial charge in [-0.05, 0) is 54.8 Å². The molecule has 0 saturated carbocycles. The fourth-order valence-corrected chi connectivity index (χ4v) is 4.25. The molecule has 0 aliphatic carbocycles. The van der Waals surface area contributed by atoms with E-state index in [9.17, 15) is 4.79 Å². The largest absolute Gasteiger partial charge is 0.497 e. The van der Waals surface area contributed by atoms with Crippen LogP contribution in [0.4, 0.5) is 0 Å². The molecule has 4 rings (SSSR count). The predicted octanol–water partition coefficient (Wildman–Crippen LogP) is 2.28. The third-order valence-electron chi connectivity index (χ3n) is 5.73. The van der Waals surface area contributed by atoms with Gasteiger partial charge in [-0.15, -0.1) is 0 Å². The first-order valence-electron chi connectivity index (χ1n) is 10.0. The molecule has 1 amide bonds. The maximum atomic E-state index is 13.1. The Hall–Kier alpha value is -2.60. The summed E-state index contributed by atoms with van der Waals surface area (Å²) in [5.41, 5.74) is 1.91. The van der Waals surface area contributed by atoms with Crippen molar-refractivity contribution < 1.29 is 18.8 Å². The van der Waals surface area contributed by atoms with Crippen LogP contribution in [0.15, 0.2) is 52.2 Å². The fraction of sp³-hybridized carbons (Fsp3) is 0.455. The summed E-state index contributed by atoms with van der Waals surface area (Å²) in [6, 6.07) is 11.4. The Labute approximate surface area is 165 Å². The molecule has 1 saturated heterocycles. The zero-order valence-corrected chi connectivity index (χ0v) is 16.6. The Morgan fingerprint density at radius 3 is 2.82 bits per heavy atom. The number of carbonyl (C=O) groups excluding carboxylic acids is 1. The van der Waals surface area contributed by atoms with E-state index in [1.165, 1.54) is 17.7 Å². The number of likely N-dealkylation sites (tertiary alicyclic amines) is 1. The standard InChI is InChI=1S/C22H27N3O3/c1-16-5-3-11-24(14-16)15-22(26)25-20(21-6-4-12-28-21)13-19(23-25)17-7-9-18(27-2)10-8-17/h4,6-10,12,16,20H,3,5,11,13-15H2,1-2H3/p+1/t16-,20-/m0/s1. The summed E-state index contributed by atoms with van der Waals surface area (Å²) in [5.74, 6) is 2.33. The number of piperidine rings is 1. The first-order valence-corrected chi connectivity index (χ1v) is 10.0. The van der Waals surface area contributed by atoms with Gasteiger partial charge in [0.25, 0.3) is 5.91 Å². The summed E-state index contributed by atoms with van der Waals surface area (Å²) < 4.78 is 10.9. The van der Waals surface area contributed by atoms with Crippen LogP contribution < -0.4 is 9.64 Å². The predicted molar refractivity (Wildman–Crippen MR) is 106 cm³/mol. The third-order valence-corrected chi connectivity index (χ3v) is 5.73. The number of amides is 1. The highest BCUT2D eigenvalue weighted by atomic mass is 16.5. The SMILES string of the molecule is COc1ccc(C2=NN(C(=O)C[NH+]3CCC[C@H](C)C3)[C@H](c3ccco3)C2)cc1. The summed E-state index contributed by atoms with van der Waals surface area (Å²) in [5, 5.41) is 6.37. The van der Waals surface area contributed by atoms with Gasteiger partial charge < -0.3 is 14.1 Å². The van der Waals surface area contributed by atoms with Crippen LogP contribution in [-0.2, 0) is 4.79 Å². The van der Waals surface area contributed by atoms with E-state index in [1.807, 2.05) is 36.4 Å². The van der Waals surface area contributed by atoms with Gasteiger partial charge in [-0.2, -0.15) is 5.10 Å². The van der Waals surface area contributed by atoms with Gasteiger partial charge in [-0.25, -0.2) is 5.01 Å². The van der Waals surface area contributed by atoms with Crippen LogP contribution in [0, 0.1) is 5.92 Å². The maximum Gasteiger partial charge on any atom is 0.298 e. The molecule has 6 nitrogen and oxygen atoms in total. The van der Waals surface area contributed by atoms with Gasteiger partial charge in [0.1, 0.15) is 17.6 Å². The average molecular weight is 382 g/mol. The van der Waals surface area contributed by atoms with Gasteiger partial charge in [0, 0.05) is 12.3 Å². The molecule has 1 aromatic carbocycles. The van der Waals surface area contributed by atoms with Crippen molar-refractivity contribution in [3.8, 4) is 5.75 Å². The van der Waals surface area contributed by atoms with Crippen LogP contribution in [0.2, 0.25) is 0 Å². The molecule has 3 heterocycles. The monoisotopic (exact) mass is 382 g/mol. The van der Waals surface area contributed by atoms with Gasteiger partial charge in [0.15, 0.2) is 6.54 Å². The van der Waals surface area contributed by atoms with Crippen molar-refractivity contribution in [2.24, 2.45) is 11.0 Å². The second-order valence-corrected chi connectivity index (χ2v) is 7.88. The molecule has 1 N–H and O–H groups in total. The molecule has 1 fully saturated rings. The number of ether oxygens (including phenoxy) is 1. The van der Waals surface area contributed by atoms with E-state index in [0.29, 0.717) is 18.9 Å². The minimum absolute atomic E-state index is 0.0639. The lowest BCUT2D eigenvalue weighted by molar-refractivity contribution is -0.900. The topological polar surface area (TPSA) is 59.5 Å². The van der Waals surface area contributed by atoms with E-state index in [0.717, 1.165) is 35.9 Å². The van der Waals surface area contributed by atoms with Gasteiger partial charge >= 0.3 is 0 Å². The Morgan fingerprint density at radius 1 is 1.32 bits per heavy atom. The van der Waals surface area contributed by atoms with Crippen LogP contribution in [0.5, 0.6) is 5.75 Å². The maximum absolute atomic E-state index is 13.1. The number of furan rings is 1. The molecule has 148 valence electrons. The molecule has 3 atom stereocenters. The molecular weight excluding hydrogens is 354 g/mol. The zero-order valence-electron chi connectivity index (χ0n) is 16.6. The fourth-order valence-electron chi connectivity index (χ4n) is 4.25. The van der Waals surface area contributed by atoms with E-state index >= 15 is 0 Å². The Kier molecular flexibility index (Phi) is 5.48. The summed E-state index contributed by atoms with van der Waals surface area (Å²) in [7, 11) is 1.65. The number of hydrogen-bond donors (Lipinski definition) is 1. The normalized spacial score (nSPS) is 24.9. The molecule has 1 aromatic heterocycles. The van der Waals surface area contributed by atoms with Gasteiger partial charge in [0.05, 0.1) is 32.2 Å². The molecule has 28 heavy (non-hydrogen) atoms. The number of carbonyl (C=O) groups is 1. The molecule has 0 bridgehead atoms. The van der Waals surface area contributed by atoms with Crippen molar-refractivity contribution in [1.29, 1.82) is 0 Å². The summed E-state index contributed by atoms with van der Waals surface area (Å²) >= 11 is 0. The van der Waals surface area contributed by atoms with Crippen LogP contribution in [0.1, 0.15) is 43.6 Å². The minimum Gasteiger partial charge on any atom is -0.497 e.